The quantitative estimate of drug-likeness (QED) is 0.656. The first-order valence-corrected chi connectivity index (χ1v) is 7.81. The summed E-state index contributed by atoms with van der Waals surface area (Å²) in [7, 11) is 5.01. The summed E-state index contributed by atoms with van der Waals surface area (Å²) in [5.41, 5.74) is 0.230. The van der Waals surface area contributed by atoms with Crippen molar-refractivity contribution in [1.29, 1.82) is 0 Å². The molecule has 1 aromatic heterocycles. The van der Waals surface area contributed by atoms with Gasteiger partial charge in [-0.2, -0.15) is 0 Å². The lowest BCUT2D eigenvalue weighted by Gasteiger charge is -2.15. The highest BCUT2D eigenvalue weighted by Gasteiger charge is 2.47. The van der Waals surface area contributed by atoms with Gasteiger partial charge in [0.15, 0.2) is 5.58 Å². The van der Waals surface area contributed by atoms with Crippen LogP contribution in [0.5, 0.6) is 17.2 Å². The molecule has 2 aliphatic rings. The molecule has 2 aromatic rings. The summed E-state index contributed by atoms with van der Waals surface area (Å²) >= 11 is 0. The van der Waals surface area contributed by atoms with Crippen LogP contribution in [0.3, 0.4) is 0 Å². The van der Waals surface area contributed by atoms with Crippen molar-refractivity contribution in [2.75, 3.05) is 21.2 Å². The van der Waals surface area contributed by atoms with E-state index in [-0.39, 0.29) is 41.7 Å². The Hall–Kier alpha value is -2.74. The monoisotopic (exact) mass is 347 g/mol. The number of hydrogen-bond donors (Lipinski definition) is 1. The van der Waals surface area contributed by atoms with Crippen molar-refractivity contribution in [2.45, 2.75) is 25.2 Å². The average molecular weight is 347 g/mol. The van der Waals surface area contributed by atoms with E-state index in [2.05, 4.69) is 0 Å². The first-order valence-electron chi connectivity index (χ1n) is 7.81. The molecule has 2 atom stereocenters. The fourth-order valence-corrected chi connectivity index (χ4v) is 3.43. The summed E-state index contributed by atoms with van der Waals surface area (Å²) in [5.74, 6) is -0.192. The van der Waals surface area contributed by atoms with Crippen molar-refractivity contribution in [2.24, 2.45) is 0 Å². The fourth-order valence-electron chi connectivity index (χ4n) is 3.43. The van der Waals surface area contributed by atoms with Crippen LogP contribution in [-0.2, 0) is 16.1 Å². The standard InChI is InChI=1S/C17H17NO7/c1-18(2)6-8-14(20)13-9(22-3)5-10-12(15(13)25-16(8)21)7-4-11(19)24-17(7)23-10/h5,7,17,20H,4,6H2,1-3H3. The highest BCUT2D eigenvalue weighted by atomic mass is 16.7. The van der Waals surface area contributed by atoms with Gasteiger partial charge in [-0.25, -0.2) is 4.79 Å². The lowest BCUT2D eigenvalue weighted by Crippen LogP contribution is -2.18. The van der Waals surface area contributed by atoms with Crippen LogP contribution < -0.4 is 15.1 Å². The Bertz CT molecular complexity index is 946. The van der Waals surface area contributed by atoms with E-state index >= 15 is 0 Å². The second-order valence-electron chi connectivity index (χ2n) is 6.44. The number of nitrogens with zero attached hydrogens (tertiary/aromatic N) is 1. The van der Waals surface area contributed by atoms with E-state index in [1.165, 1.54) is 7.11 Å². The van der Waals surface area contributed by atoms with Gasteiger partial charge in [-0.3, -0.25) is 4.79 Å². The maximum absolute atomic E-state index is 12.4. The highest BCUT2D eigenvalue weighted by Crippen LogP contribution is 2.51. The molecule has 0 radical (unpaired) electrons. The summed E-state index contributed by atoms with van der Waals surface area (Å²) < 4.78 is 21.7. The molecule has 0 aliphatic carbocycles. The minimum absolute atomic E-state index is 0.128. The number of ether oxygens (including phenoxy) is 3. The summed E-state index contributed by atoms with van der Waals surface area (Å²) in [6.45, 7) is 0.217. The Balaban J connectivity index is 2.02. The normalized spacial score (nSPS) is 21.2. The van der Waals surface area contributed by atoms with Crippen molar-refractivity contribution in [3.8, 4) is 17.2 Å². The van der Waals surface area contributed by atoms with E-state index in [1.807, 2.05) is 0 Å². The number of methoxy groups -OCH3 is 1. The summed E-state index contributed by atoms with van der Waals surface area (Å²) in [6, 6.07) is 1.61. The van der Waals surface area contributed by atoms with Gasteiger partial charge in [-0.15, -0.1) is 0 Å². The lowest BCUT2D eigenvalue weighted by atomic mass is 9.95. The number of rotatable bonds is 3. The number of aromatic hydroxyl groups is 1. The number of fused-ring (bicyclic) bond motifs is 5. The van der Waals surface area contributed by atoms with Gasteiger partial charge in [-0.05, 0) is 14.1 Å². The van der Waals surface area contributed by atoms with Crippen LogP contribution >= 0.6 is 0 Å². The zero-order valence-corrected chi connectivity index (χ0v) is 14.0. The molecule has 0 spiro atoms. The molecular weight excluding hydrogens is 330 g/mol. The Morgan fingerprint density at radius 1 is 1.32 bits per heavy atom. The van der Waals surface area contributed by atoms with Crippen LogP contribution in [0, 0.1) is 0 Å². The predicted molar refractivity (Wildman–Crippen MR) is 86.0 cm³/mol. The molecule has 1 fully saturated rings. The van der Waals surface area contributed by atoms with Crippen molar-refractivity contribution in [1.82, 2.24) is 4.90 Å². The van der Waals surface area contributed by atoms with Crippen LogP contribution in [0.4, 0.5) is 0 Å². The first-order chi connectivity index (χ1) is 11.9. The zero-order chi connectivity index (χ0) is 17.9. The van der Waals surface area contributed by atoms with Crippen LogP contribution in [0.25, 0.3) is 11.0 Å². The summed E-state index contributed by atoms with van der Waals surface area (Å²) in [5, 5.41) is 11.0. The lowest BCUT2D eigenvalue weighted by molar-refractivity contribution is -0.150. The molecule has 2 unspecified atom stereocenters. The zero-order valence-electron chi connectivity index (χ0n) is 14.0. The second-order valence-corrected chi connectivity index (χ2v) is 6.44. The first kappa shape index (κ1) is 15.8. The van der Waals surface area contributed by atoms with Crippen molar-refractivity contribution in [3.05, 3.63) is 27.6 Å². The molecule has 132 valence electrons. The number of hydrogen-bond acceptors (Lipinski definition) is 8. The third kappa shape index (κ3) is 2.25. The van der Waals surface area contributed by atoms with E-state index < -0.39 is 11.9 Å². The molecule has 1 aromatic carbocycles. The molecule has 4 rings (SSSR count). The minimum Gasteiger partial charge on any atom is -0.506 e. The van der Waals surface area contributed by atoms with Gasteiger partial charge in [0.2, 0.25) is 0 Å². The Morgan fingerprint density at radius 2 is 2.08 bits per heavy atom. The van der Waals surface area contributed by atoms with E-state index in [0.29, 0.717) is 22.4 Å². The maximum Gasteiger partial charge on any atom is 0.344 e. The molecule has 0 saturated carbocycles. The van der Waals surface area contributed by atoms with Gasteiger partial charge in [0.1, 0.15) is 22.6 Å². The van der Waals surface area contributed by atoms with Crippen LogP contribution in [0.15, 0.2) is 15.3 Å². The number of carbonyl (C=O) groups excluding carboxylic acids is 1. The topological polar surface area (TPSA) is 98.4 Å². The maximum atomic E-state index is 12.4. The molecule has 1 saturated heterocycles. The molecule has 2 aliphatic heterocycles. The van der Waals surface area contributed by atoms with Crippen molar-refractivity contribution >= 4 is 16.9 Å². The molecule has 0 amide bonds. The molecule has 0 bridgehead atoms. The Kier molecular flexibility index (Phi) is 3.40. The molecule has 25 heavy (non-hydrogen) atoms. The van der Waals surface area contributed by atoms with Crippen molar-refractivity contribution in [3.63, 3.8) is 0 Å². The van der Waals surface area contributed by atoms with Gasteiger partial charge in [0, 0.05) is 18.2 Å². The molecule has 8 nitrogen and oxygen atoms in total. The van der Waals surface area contributed by atoms with Gasteiger partial charge in [0.25, 0.3) is 6.29 Å². The SMILES string of the molecule is COc1cc2c(c3oc(=O)c(CN(C)C)c(O)c13)C1CC(=O)OC1O2. The Labute approximate surface area is 142 Å². The minimum atomic E-state index is -0.744. The van der Waals surface area contributed by atoms with E-state index in [1.54, 1.807) is 25.1 Å². The summed E-state index contributed by atoms with van der Waals surface area (Å²) in [4.78, 5) is 25.7. The molecule has 3 heterocycles. The third-order valence-electron chi connectivity index (χ3n) is 4.48. The number of carbonyl (C=O) groups is 1. The largest absolute Gasteiger partial charge is 0.506 e. The van der Waals surface area contributed by atoms with Gasteiger partial charge < -0.3 is 28.6 Å². The highest BCUT2D eigenvalue weighted by molar-refractivity contribution is 5.95. The van der Waals surface area contributed by atoms with E-state index in [4.69, 9.17) is 18.6 Å². The van der Waals surface area contributed by atoms with Crippen molar-refractivity contribution < 1.29 is 28.5 Å². The van der Waals surface area contributed by atoms with Crippen LogP contribution in [0.1, 0.15) is 23.5 Å². The summed E-state index contributed by atoms with van der Waals surface area (Å²) in [6.07, 6.45) is -0.616. The predicted octanol–water partition coefficient (Wildman–Crippen LogP) is 1.32. The van der Waals surface area contributed by atoms with E-state index in [0.717, 1.165) is 0 Å². The van der Waals surface area contributed by atoms with Gasteiger partial charge in [0.05, 0.1) is 25.0 Å². The number of benzene rings is 1. The van der Waals surface area contributed by atoms with Gasteiger partial charge in [-0.1, -0.05) is 0 Å². The molecule has 8 heteroatoms. The third-order valence-corrected chi connectivity index (χ3v) is 4.48. The fraction of sp³-hybridized carbons (Fsp3) is 0.412. The number of esters is 1. The van der Waals surface area contributed by atoms with E-state index in [9.17, 15) is 14.7 Å². The van der Waals surface area contributed by atoms with Crippen LogP contribution in [-0.4, -0.2) is 43.5 Å². The molecular formula is C17H17NO7. The average Bonchev–Trinajstić information content (AvgIpc) is 3.05. The smallest absolute Gasteiger partial charge is 0.344 e. The molecule has 1 N–H and O–H groups in total. The van der Waals surface area contributed by atoms with Crippen LogP contribution in [0.2, 0.25) is 0 Å². The van der Waals surface area contributed by atoms with Gasteiger partial charge >= 0.3 is 11.6 Å². The Morgan fingerprint density at radius 3 is 2.76 bits per heavy atom. The second kappa shape index (κ2) is 5.38.